The van der Waals surface area contributed by atoms with Gasteiger partial charge in [-0.25, -0.2) is 0 Å². The molecule has 3 nitrogen and oxygen atoms in total. The minimum Gasteiger partial charge on any atom is -0.364 e. The number of nitrogens with zero attached hydrogens (tertiary/aromatic N) is 1. The topological polar surface area (TPSA) is 29.5 Å². The average molecular weight is 272 g/mol. The average Bonchev–Trinajstić information content (AvgIpc) is 2.43. The third kappa shape index (κ3) is 2.78. The lowest BCUT2D eigenvalue weighted by Gasteiger charge is -2.46. The number of rotatable bonds is 6. The summed E-state index contributed by atoms with van der Waals surface area (Å²) in [6, 6.07) is 0. The van der Waals surface area contributed by atoms with Crippen molar-refractivity contribution in [1.82, 2.24) is 4.90 Å². The molecular formula is C14H22ClNO2. The number of ether oxygens (including phenoxy) is 1. The second kappa shape index (κ2) is 6.95. The summed E-state index contributed by atoms with van der Waals surface area (Å²) < 4.78 is 5.19. The molecule has 0 saturated carbocycles. The Bertz CT molecular complexity index is 341. The highest BCUT2D eigenvalue weighted by Crippen LogP contribution is 2.36. The van der Waals surface area contributed by atoms with Crippen LogP contribution >= 0.6 is 11.6 Å². The zero-order valence-electron chi connectivity index (χ0n) is 11.4. The Labute approximate surface area is 114 Å². The maximum atomic E-state index is 12.1. The molecule has 18 heavy (non-hydrogen) atoms. The molecule has 0 N–H and O–H groups in total. The van der Waals surface area contributed by atoms with Crippen molar-refractivity contribution in [3.63, 3.8) is 0 Å². The third-order valence-corrected chi connectivity index (χ3v) is 3.89. The summed E-state index contributed by atoms with van der Waals surface area (Å²) in [4.78, 5) is 13.8. The highest BCUT2D eigenvalue weighted by atomic mass is 35.5. The van der Waals surface area contributed by atoms with Gasteiger partial charge in [-0.2, -0.15) is 0 Å². The Kier molecular flexibility index (Phi) is 5.89. The van der Waals surface area contributed by atoms with E-state index >= 15 is 0 Å². The fourth-order valence-electron chi connectivity index (χ4n) is 2.69. The molecular weight excluding hydrogens is 250 g/mol. The molecule has 0 spiro atoms. The Hall–Kier alpha value is -0.800. The van der Waals surface area contributed by atoms with Crippen LogP contribution in [0.1, 0.15) is 26.7 Å². The van der Waals surface area contributed by atoms with Crippen molar-refractivity contribution >= 4 is 17.5 Å². The van der Waals surface area contributed by atoms with E-state index in [1.165, 1.54) is 0 Å². The predicted molar refractivity (Wildman–Crippen MR) is 74.5 cm³/mol. The first kappa shape index (κ1) is 15.3. The molecule has 2 atom stereocenters. The van der Waals surface area contributed by atoms with Crippen molar-refractivity contribution in [3.05, 3.63) is 24.3 Å². The van der Waals surface area contributed by atoms with Crippen LogP contribution in [-0.4, -0.2) is 36.1 Å². The third-order valence-electron chi connectivity index (χ3n) is 3.66. The minimum atomic E-state index is -0.314. The zero-order valence-corrected chi connectivity index (χ0v) is 12.1. The lowest BCUT2D eigenvalue weighted by atomic mass is 9.76. The van der Waals surface area contributed by atoms with Crippen molar-refractivity contribution in [2.75, 3.05) is 19.7 Å². The number of amides is 1. The minimum absolute atomic E-state index is 0.0148. The molecule has 0 aromatic heterocycles. The van der Waals surface area contributed by atoms with E-state index < -0.39 is 0 Å². The Morgan fingerprint density at radius 2 is 2.17 bits per heavy atom. The number of halogens is 1. The van der Waals surface area contributed by atoms with Crippen molar-refractivity contribution in [2.45, 2.75) is 32.2 Å². The summed E-state index contributed by atoms with van der Waals surface area (Å²) in [6.07, 6.45) is 10.1. The maximum Gasteiger partial charge on any atom is 0.240 e. The number of hydrogen-bond acceptors (Lipinski definition) is 2. The Balaban J connectivity index is 3.12. The molecule has 1 rings (SSSR count). The Morgan fingerprint density at radius 1 is 1.44 bits per heavy atom. The molecule has 0 bridgehead atoms. The van der Waals surface area contributed by atoms with E-state index in [0.717, 1.165) is 12.8 Å². The highest BCUT2D eigenvalue weighted by molar-refractivity contribution is 6.27. The van der Waals surface area contributed by atoms with Gasteiger partial charge in [-0.1, -0.05) is 38.2 Å². The molecule has 4 heteroatoms. The summed E-state index contributed by atoms with van der Waals surface area (Å²) in [5.74, 6) is 0.201. The lowest BCUT2D eigenvalue weighted by molar-refractivity contribution is -0.142. The maximum absolute atomic E-state index is 12.1. The Morgan fingerprint density at radius 3 is 2.67 bits per heavy atom. The van der Waals surface area contributed by atoms with E-state index in [1.54, 1.807) is 12.0 Å². The standard InChI is InChI=1S/C14H22ClNO2/c1-4-12-8-6-7-9-14(12,5-2)16(11-18-3)13(17)10-15/h6-9,12H,4-5,10-11H2,1-3H3. The van der Waals surface area contributed by atoms with E-state index in [-0.39, 0.29) is 24.1 Å². The number of alkyl halides is 1. The molecule has 2 unspecified atom stereocenters. The first-order valence-corrected chi connectivity index (χ1v) is 6.91. The largest absolute Gasteiger partial charge is 0.364 e. The molecule has 0 heterocycles. The molecule has 102 valence electrons. The molecule has 0 fully saturated rings. The van der Waals surface area contributed by atoms with Crippen molar-refractivity contribution in [1.29, 1.82) is 0 Å². The van der Waals surface area contributed by atoms with Gasteiger partial charge in [0.05, 0.1) is 5.54 Å². The fourth-order valence-corrected chi connectivity index (χ4v) is 2.83. The summed E-state index contributed by atoms with van der Waals surface area (Å²) in [5, 5.41) is 0. The summed E-state index contributed by atoms with van der Waals surface area (Å²) >= 11 is 5.72. The normalized spacial score (nSPS) is 26.3. The van der Waals surface area contributed by atoms with Gasteiger partial charge >= 0.3 is 0 Å². The van der Waals surface area contributed by atoms with Crippen LogP contribution in [0, 0.1) is 5.92 Å². The second-order valence-electron chi connectivity index (χ2n) is 4.48. The summed E-state index contributed by atoms with van der Waals surface area (Å²) in [7, 11) is 1.60. The smallest absolute Gasteiger partial charge is 0.240 e. The summed E-state index contributed by atoms with van der Waals surface area (Å²) in [6.45, 7) is 4.50. The number of methoxy groups -OCH3 is 1. The zero-order chi connectivity index (χ0) is 13.6. The molecule has 1 amide bonds. The van der Waals surface area contributed by atoms with Gasteiger partial charge in [0.2, 0.25) is 5.91 Å². The van der Waals surface area contributed by atoms with Crippen molar-refractivity contribution in [3.8, 4) is 0 Å². The van der Waals surface area contributed by atoms with Crippen LogP contribution in [0.5, 0.6) is 0 Å². The first-order chi connectivity index (χ1) is 8.66. The first-order valence-electron chi connectivity index (χ1n) is 6.37. The van der Waals surface area contributed by atoms with E-state index in [2.05, 4.69) is 26.0 Å². The van der Waals surface area contributed by atoms with Gasteiger partial charge in [-0.15, -0.1) is 11.6 Å². The van der Waals surface area contributed by atoms with Crippen molar-refractivity contribution < 1.29 is 9.53 Å². The quantitative estimate of drug-likeness (QED) is 0.549. The van der Waals surface area contributed by atoms with Gasteiger partial charge in [0.15, 0.2) is 0 Å². The van der Waals surface area contributed by atoms with Crippen LogP contribution in [0.3, 0.4) is 0 Å². The molecule has 0 radical (unpaired) electrons. The molecule has 0 saturated heterocycles. The van der Waals surface area contributed by atoms with Crippen molar-refractivity contribution in [2.24, 2.45) is 5.92 Å². The molecule has 1 aliphatic rings. The van der Waals surface area contributed by atoms with E-state index in [0.29, 0.717) is 5.92 Å². The molecule has 0 aliphatic heterocycles. The van der Waals surface area contributed by atoms with Gasteiger partial charge in [0.1, 0.15) is 12.6 Å². The van der Waals surface area contributed by atoms with Gasteiger partial charge in [0, 0.05) is 13.0 Å². The number of carbonyl (C=O) groups excluding carboxylic acids is 1. The van der Waals surface area contributed by atoms with Gasteiger partial charge in [-0.05, 0) is 12.8 Å². The van der Waals surface area contributed by atoms with Gasteiger partial charge < -0.3 is 9.64 Å². The fraction of sp³-hybridized carbons (Fsp3) is 0.643. The van der Waals surface area contributed by atoms with Crippen LogP contribution in [0.15, 0.2) is 24.3 Å². The summed E-state index contributed by atoms with van der Waals surface area (Å²) in [5.41, 5.74) is -0.314. The lowest BCUT2D eigenvalue weighted by Crippen LogP contribution is -2.56. The molecule has 1 aliphatic carbocycles. The van der Waals surface area contributed by atoms with E-state index in [4.69, 9.17) is 16.3 Å². The second-order valence-corrected chi connectivity index (χ2v) is 4.74. The van der Waals surface area contributed by atoms with Gasteiger partial charge in [0.25, 0.3) is 0 Å². The van der Waals surface area contributed by atoms with Crippen LogP contribution in [0.4, 0.5) is 0 Å². The van der Waals surface area contributed by atoms with Gasteiger partial charge in [-0.3, -0.25) is 4.79 Å². The molecule has 0 aromatic carbocycles. The molecule has 0 aromatic rings. The highest BCUT2D eigenvalue weighted by Gasteiger charge is 2.41. The predicted octanol–water partition coefficient (Wildman–Crippen LogP) is 2.96. The number of hydrogen-bond donors (Lipinski definition) is 0. The van der Waals surface area contributed by atoms with Crippen LogP contribution in [-0.2, 0) is 9.53 Å². The number of allylic oxidation sites excluding steroid dienone is 2. The van der Waals surface area contributed by atoms with Crippen LogP contribution in [0.2, 0.25) is 0 Å². The monoisotopic (exact) mass is 271 g/mol. The SMILES string of the molecule is CCC1C=CC=CC1(CC)N(COC)C(=O)CCl. The van der Waals surface area contributed by atoms with Crippen LogP contribution < -0.4 is 0 Å². The van der Waals surface area contributed by atoms with E-state index in [1.807, 2.05) is 12.2 Å². The van der Waals surface area contributed by atoms with Crippen LogP contribution in [0.25, 0.3) is 0 Å². The number of carbonyl (C=O) groups is 1. The van der Waals surface area contributed by atoms with E-state index in [9.17, 15) is 4.79 Å².